The molecule has 0 spiro atoms. The van der Waals surface area contributed by atoms with Gasteiger partial charge in [0.25, 0.3) is 10.1 Å². The third-order valence-electron chi connectivity index (χ3n) is 6.88. The van der Waals surface area contributed by atoms with Crippen molar-refractivity contribution in [3.05, 3.63) is 12.2 Å². The predicted octanol–water partition coefficient (Wildman–Crippen LogP) is 1.78. The van der Waals surface area contributed by atoms with Gasteiger partial charge in [0.15, 0.2) is 0 Å². The quantitative estimate of drug-likeness (QED) is 0.285. The lowest BCUT2D eigenvalue weighted by Gasteiger charge is -2.30. The maximum atomic E-state index is 13.8. The molecule has 2 aliphatic heterocycles. The van der Waals surface area contributed by atoms with E-state index in [2.05, 4.69) is 10.6 Å². The Morgan fingerprint density at radius 3 is 2.56 bits per heavy atom. The van der Waals surface area contributed by atoms with Gasteiger partial charge in [-0.1, -0.05) is 25.0 Å². The molecule has 1 saturated carbocycles. The molecule has 13 heteroatoms. The van der Waals surface area contributed by atoms with Gasteiger partial charge in [-0.15, -0.1) is 0 Å². The van der Waals surface area contributed by atoms with Gasteiger partial charge < -0.3 is 25.0 Å². The van der Waals surface area contributed by atoms with Crippen LogP contribution in [0.5, 0.6) is 0 Å². The van der Waals surface area contributed by atoms with Crippen molar-refractivity contribution in [2.45, 2.75) is 102 Å². The van der Waals surface area contributed by atoms with E-state index >= 15 is 0 Å². The first-order valence-electron chi connectivity index (χ1n) is 13.5. The number of ether oxygens (including phenoxy) is 2. The van der Waals surface area contributed by atoms with Crippen molar-refractivity contribution in [2.75, 3.05) is 19.4 Å². The molecular formula is C26H41N3O9S. The first-order chi connectivity index (χ1) is 18.1. The van der Waals surface area contributed by atoms with Crippen LogP contribution in [0.3, 0.4) is 0 Å². The molecule has 0 radical (unpaired) electrons. The van der Waals surface area contributed by atoms with Gasteiger partial charge in [0.2, 0.25) is 11.8 Å². The number of hydrogen-bond acceptors (Lipinski definition) is 9. The normalized spacial score (nSPS) is 31.1. The van der Waals surface area contributed by atoms with Crippen LogP contribution in [-0.2, 0) is 38.2 Å². The van der Waals surface area contributed by atoms with E-state index in [0.717, 1.165) is 25.5 Å². The third kappa shape index (κ3) is 8.41. The molecule has 3 aliphatic rings. The molecule has 12 nitrogen and oxygen atoms in total. The predicted molar refractivity (Wildman–Crippen MR) is 141 cm³/mol. The number of hydrogen-bond donors (Lipinski definition) is 2. The topological polar surface area (TPSA) is 157 Å². The van der Waals surface area contributed by atoms with E-state index in [1.165, 1.54) is 4.90 Å². The zero-order valence-electron chi connectivity index (χ0n) is 23.4. The second-order valence-electron chi connectivity index (χ2n) is 11.4. The average molecular weight is 572 g/mol. The van der Waals surface area contributed by atoms with E-state index in [0.29, 0.717) is 19.3 Å². The fourth-order valence-electron chi connectivity index (χ4n) is 5.07. The number of nitrogens with one attached hydrogen (secondary N) is 2. The number of alkyl carbamates (subject to hydrolysis) is 1. The number of rotatable bonds is 5. The van der Waals surface area contributed by atoms with Crippen LogP contribution in [0.25, 0.3) is 0 Å². The van der Waals surface area contributed by atoms with Gasteiger partial charge in [-0.05, 0) is 53.4 Å². The summed E-state index contributed by atoms with van der Waals surface area (Å²) < 4.78 is 39.4. The summed E-state index contributed by atoms with van der Waals surface area (Å²) in [4.78, 5) is 54.1. The number of amides is 3. The zero-order chi connectivity index (χ0) is 29.0. The Morgan fingerprint density at radius 2 is 1.92 bits per heavy atom. The first kappa shape index (κ1) is 30.9. The van der Waals surface area contributed by atoms with Crippen molar-refractivity contribution in [3.8, 4) is 0 Å². The van der Waals surface area contributed by atoms with Crippen LogP contribution in [0.2, 0.25) is 0 Å². The van der Waals surface area contributed by atoms with Crippen molar-refractivity contribution in [2.24, 2.45) is 5.92 Å². The monoisotopic (exact) mass is 571 g/mol. The van der Waals surface area contributed by atoms with Gasteiger partial charge in [-0.25, -0.2) is 9.59 Å². The zero-order valence-corrected chi connectivity index (χ0v) is 24.2. The van der Waals surface area contributed by atoms with Gasteiger partial charge in [-0.3, -0.25) is 13.8 Å². The van der Waals surface area contributed by atoms with Crippen LogP contribution >= 0.6 is 0 Å². The highest BCUT2D eigenvalue weighted by Gasteiger charge is 2.62. The Morgan fingerprint density at radius 1 is 1.21 bits per heavy atom. The molecule has 0 unspecified atom stereocenters. The second kappa shape index (κ2) is 12.2. The summed E-state index contributed by atoms with van der Waals surface area (Å²) in [6, 6.07) is -2.12. The molecule has 0 aromatic carbocycles. The van der Waals surface area contributed by atoms with Crippen molar-refractivity contribution >= 4 is 34.0 Å². The van der Waals surface area contributed by atoms with E-state index in [1.54, 1.807) is 27.7 Å². The van der Waals surface area contributed by atoms with Crippen LogP contribution in [0.1, 0.15) is 72.6 Å². The molecule has 0 aromatic heterocycles. The number of carbonyl (C=O) groups excluding carboxylic acids is 4. The molecule has 39 heavy (non-hydrogen) atoms. The van der Waals surface area contributed by atoms with E-state index < -0.39 is 63.3 Å². The maximum absolute atomic E-state index is 13.8. The number of esters is 1. The minimum absolute atomic E-state index is 0.0940. The largest absolute Gasteiger partial charge is 0.464 e. The number of fused-ring (bicyclic) bond motifs is 2. The molecule has 2 fully saturated rings. The fourth-order valence-corrected chi connectivity index (χ4v) is 5.71. The van der Waals surface area contributed by atoms with Crippen molar-refractivity contribution in [3.63, 3.8) is 0 Å². The Kier molecular flexibility index (Phi) is 9.69. The summed E-state index contributed by atoms with van der Waals surface area (Å²) in [5, 5.41) is 5.44. The van der Waals surface area contributed by atoms with E-state index in [-0.39, 0.29) is 25.5 Å². The highest BCUT2D eigenvalue weighted by atomic mass is 32.2. The van der Waals surface area contributed by atoms with Crippen molar-refractivity contribution < 1.29 is 41.3 Å². The van der Waals surface area contributed by atoms with E-state index in [4.69, 9.17) is 13.7 Å². The Bertz CT molecular complexity index is 1080. The first-order valence-corrected chi connectivity index (χ1v) is 15.3. The number of carbonyl (C=O) groups is 4. The van der Waals surface area contributed by atoms with Crippen LogP contribution in [0, 0.1) is 5.92 Å². The maximum Gasteiger partial charge on any atom is 0.408 e. The summed E-state index contributed by atoms with van der Waals surface area (Å²) >= 11 is 0. The fraction of sp³-hybridized carbons (Fsp3) is 0.769. The van der Waals surface area contributed by atoms with Gasteiger partial charge in [0.05, 0.1) is 19.0 Å². The average Bonchev–Trinajstić information content (AvgIpc) is 3.33. The van der Waals surface area contributed by atoms with Crippen LogP contribution in [-0.4, -0.2) is 85.9 Å². The molecule has 0 bridgehead atoms. The molecule has 220 valence electrons. The molecule has 3 amide bonds. The number of allylic oxidation sites excluding steroid dienone is 1. The summed E-state index contributed by atoms with van der Waals surface area (Å²) in [6.45, 7) is 6.76. The third-order valence-corrected chi connectivity index (χ3v) is 7.50. The SMILES string of the molecule is CCOC(=O)[C@@]12C[C@H]1/C=C\CCCCC[C@H](NC(=O)OC(C)(C)C)C(=O)N1C[C@@H](OS(C)(=O)=O)C[C@H]1C(=O)N2. The van der Waals surface area contributed by atoms with Gasteiger partial charge >= 0.3 is 12.1 Å². The van der Waals surface area contributed by atoms with Crippen molar-refractivity contribution in [1.29, 1.82) is 0 Å². The molecule has 3 rings (SSSR count). The second-order valence-corrected chi connectivity index (χ2v) is 13.0. The Hall–Kier alpha value is -2.67. The summed E-state index contributed by atoms with van der Waals surface area (Å²) in [6.07, 6.45) is 6.66. The van der Waals surface area contributed by atoms with Gasteiger partial charge in [0, 0.05) is 18.9 Å². The smallest absolute Gasteiger partial charge is 0.408 e. The van der Waals surface area contributed by atoms with Crippen LogP contribution < -0.4 is 10.6 Å². The molecule has 0 aromatic rings. The van der Waals surface area contributed by atoms with E-state index in [9.17, 15) is 27.6 Å². The standard InChI is InChI=1S/C26H41N3O9S/c1-6-36-23(32)26-15-17(26)12-10-8-7-9-11-13-19(27-24(33)37-25(2,3)4)22(31)29-16-18(38-39(5,34)35)14-20(29)21(30)28-26/h10,12,17-20H,6-9,11,13-16H2,1-5H3,(H,27,33)(H,28,30)/b12-10-/t17-,18+,19+,20+,26-/m1/s1. The molecular weight excluding hydrogens is 530 g/mol. The van der Waals surface area contributed by atoms with E-state index in [1.807, 2.05) is 12.2 Å². The summed E-state index contributed by atoms with van der Waals surface area (Å²) in [5.74, 6) is -1.97. The summed E-state index contributed by atoms with van der Waals surface area (Å²) in [7, 11) is -3.87. The van der Waals surface area contributed by atoms with Crippen LogP contribution in [0.15, 0.2) is 12.2 Å². The van der Waals surface area contributed by atoms with Crippen LogP contribution in [0.4, 0.5) is 4.79 Å². The Labute approximate surface area is 230 Å². The van der Waals surface area contributed by atoms with Gasteiger partial charge in [0.1, 0.15) is 23.2 Å². The lowest BCUT2D eigenvalue weighted by Crippen LogP contribution is -2.56. The molecule has 2 N–H and O–H groups in total. The molecule has 1 aliphatic carbocycles. The minimum atomic E-state index is -3.87. The Balaban J connectivity index is 1.92. The highest BCUT2D eigenvalue weighted by Crippen LogP contribution is 2.46. The molecule has 2 heterocycles. The molecule has 1 saturated heterocycles. The molecule has 5 atom stereocenters. The highest BCUT2D eigenvalue weighted by molar-refractivity contribution is 7.86. The van der Waals surface area contributed by atoms with Gasteiger partial charge in [-0.2, -0.15) is 8.42 Å². The lowest BCUT2D eigenvalue weighted by molar-refractivity contribution is -0.150. The summed E-state index contributed by atoms with van der Waals surface area (Å²) in [5.41, 5.74) is -2.03. The lowest BCUT2D eigenvalue weighted by atomic mass is 10.0. The number of nitrogens with zero attached hydrogens (tertiary/aromatic N) is 1. The van der Waals surface area contributed by atoms with Crippen molar-refractivity contribution in [1.82, 2.24) is 15.5 Å². The minimum Gasteiger partial charge on any atom is -0.464 e.